The van der Waals surface area contributed by atoms with Gasteiger partial charge >= 0.3 is 5.97 Å². The molecule has 0 radical (unpaired) electrons. The average Bonchev–Trinajstić information content (AvgIpc) is 3.61. The lowest BCUT2D eigenvalue weighted by atomic mass is 10.1. The Bertz CT molecular complexity index is 1440. The molecule has 2 aliphatic heterocycles. The highest BCUT2D eigenvalue weighted by Gasteiger charge is 2.32. The first-order valence-corrected chi connectivity index (χ1v) is 14.4. The number of rotatable bonds is 11. The number of carbonyl (C=O) groups is 4. The summed E-state index contributed by atoms with van der Waals surface area (Å²) < 4.78 is 16.2. The normalized spacial score (nSPS) is 15.1. The number of fused-ring (bicyclic) bond motifs is 2. The molecule has 222 valence electrons. The molecule has 2 aromatic rings. The predicted molar refractivity (Wildman–Crippen MR) is 160 cm³/mol. The van der Waals surface area contributed by atoms with Crippen molar-refractivity contribution in [3.63, 3.8) is 0 Å². The molecule has 1 aromatic carbocycles. The summed E-state index contributed by atoms with van der Waals surface area (Å²) >= 11 is 6.15. The van der Waals surface area contributed by atoms with Crippen LogP contribution in [0.15, 0.2) is 34.8 Å². The SMILES string of the molecule is C=C(NC(=S)NC(=O)CCCOc1cc2c(cc1OC)C(=O)N1CCCC1C=N2)C(=O)Nc1nc(C(=O)OCC)cs1. The Labute approximate surface area is 251 Å². The maximum Gasteiger partial charge on any atom is 0.357 e. The minimum absolute atomic E-state index is 0.00471. The Morgan fingerprint density at radius 2 is 2.05 bits per heavy atom. The molecular weight excluding hydrogens is 584 g/mol. The molecule has 42 heavy (non-hydrogen) atoms. The van der Waals surface area contributed by atoms with Gasteiger partial charge in [-0.2, -0.15) is 0 Å². The molecule has 3 heterocycles. The van der Waals surface area contributed by atoms with Crippen LogP contribution in [-0.2, 0) is 14.3 Å². The molecule has 4 rings (SSSR count). The van der Waals surface area contributed by atoms with Gasteiger partial charge < -0.3 is 29.7 Å². The molecule has 0 saturated carbocycles. The molecule has 0 aliphatic carbocycles. The highest BCUT2D eigenvalue weighted by atomic mass is 32.1. The van der Waals surface area contributed by atoms with Crippen LogP contribution >= 0.6 is 23.6 Å². The van der Waals surface area contributed by atoms with Crippen molar-refractivity contribution < 1.29 is 33.4 Å². The van der Waals surface area contributed by atoms with Gasteiger partial charge in [0, 0.05) is 30.6 Å². The van der Waals surface area contributed by atoms with Crippen molar-refractivity contribution in [2.24, 2.45) is 4.99 Å². The van der Waals surface area contributed by atoms with Crippen LogP contribution in [-0.4, -0.2) is 77.8 Å². The monoisotopic (exact) mass is 614 g/mol. The van der Waals surface area contributed by atoms with Gasteiger partial charge in [-0.1, -0.05) is 6.58 Å². The number of hydrogen-bond donors (Lipinski definition) is 3. The Balaban J connectivity index is 1.21. The summed E-state index contributed by atoms with van der Waals surface area (Å²) in [6.07, 6.45) is 4.06. The summed E-state index contributed by atoms with van der Waals surface area (Å²) in [5.41, 5.74) is 0.918. The van der Waals surface area contributed by atoms with E-state index in [4.69, 9.17) is 26.4 Å². The number of amides is 3. The van der Waals surface area contributed by atoms with Crippen LogP contribution < -0.4 is 25.4 Å². The van der Waals surface area contributed by atoms with Crippen molar-refractivity contribution in [2.45, 2.75) is 38.6 Å². The number of carbonyl (C=O) groups excluding carboxylic acids is 4. The number of thiazole rings is 1. The molecule has 2 aliphatic rings. The van der Waals surface area contributed by atoms with Crippen LogP contribution in [0.3, 0.4) is 0 Å². The number of ether oxygens (including phenoxy) is 3. The van der Waals surface area contributed by atoms with Gasteiger partial charge in [0.05, 0.1) is 43.3 Å². The zero-order valence-corrected chi connectivity index (χ0v) is 24.7. The third-order valence-electron chi connectivity index (χ3n) is 6.26. The van der Waals surface area contributed by atoms with Crippen molar-refractivity contribution in [1.29, 1.82) is 0 Å². The molecule has 0 spiro atoms. The van der Waals surface area contributed by atoms with Crippen molar-refractivity contribution in [2.75, 3.05) is 32.2 Å². The molecule has 0 bridgehead atoms. The second-order valence-electron chi connectivity index (χ2n) is 9.15. The number of nitrogens with one attached hydrogen (secondary N) is 3. The van der Waals surface area contributed by atoms with Crippen molar-refractivity contribution in [3.8, 4) is 11.5 Å². The Hall–Kier alpha value is -4.37. The van der Waals surface area contributed by atoms with E-state index in [0.29, 0.717) is 35.7 Å². The molecule has 1 unspecified atom stereocenters. The van der Waals surface area contributed by atoms with Crippen LogP contribution in [0.4, 0.5) is 10.8 Å². The van der Waals surface area contributed by atoms with E-state index in [9.17, 15) is 19.2 Å². The van der Waals surface area contributed by atoms with E-state index in [0.717, 1.165) is 24.2 Å². The number of hydrogen-bond acceptors (Lipinski definition) is 11. The molecule has 3 amide bonds. The highest BCUT2D eigenvalue weighted by Crippen LogP contribution is 2.38. The lowest BCUT2D eigenvalue weighted by Crippen LogP contribution is -2.41. The molecular formula is C27H30N6O7S2. The number of thiocarbonyl (C=S) groups is 1. The van der Waals surface area contributed by atoms with E-state index in [1.807, 2.05) is 4.90 Å². The topological polar surface area (TPSA) is 161 Å². The van der Waals surface area contributed by atoms with Gasteiger partial charge in [-0.15, -0.1) is 11.3 Å². The number of nitrogens with zero attached hydrogens (tertiary/aromatic N) is 3. The Morgan fingerprint density at radius 1 is 1.24 bits per heavy atom. The molecule has 1 fully saturated rings. The standard InChI is InChI=1S/C27H30N6O7S2/c1-4-39-25(37)19-14-42-27(30-19)32-23(35)15(2)29-26(41)31-22(34)8-6-10-40-21-12-18-17(11-20(21)38-3)24(36)33-9-5-7-16(33)13-28-18/h11-14,16H,2,4-10H2,1,3H3,(H,30,32,35)(H2,29,31,34,41). The number of benzene rings is 1. The molecule has 13 nitrogen and oxygen atoms in total. The van der Waals surface area contributed by atoms with Gasteiger partial charge in [0.2, 0.25) is 5.91 Å². The summed E-state index contributed by atoms with van der Waals surface area (Å²) in [6.45, 7) is 6.37. The third kappa shape index (κ3) is 7.47. The second kappa shape index (κ2) is 14.0. The summed E-state index contributed by atoms with van der Waals surface area (Å²) in [5, 5.41) is 9.04. The van der Waals surface area contributed by atoms with Gasteiger partial charge in [0.25, 0.3) is 11.8 Å². The van der Waals surface area contributed by atoms with Crippen LogP contribution in [0.2, 0.25) is 0 Å². The number of esters is 1. The quantitative estimate of drug-likeness (QED) is 0.149. The molecule has 3 N–H and O–H groups in total. The fraction of sp³-hybridized carbons (Fsp3) is 0.370. The number of aromatic nitrogens is 1. The molecule has 1 aromatic heterocycles. The highest BCUT2D eigenvalue weighted by molar-refractivity contribution is 7.80. The lowest BCUT2D eigenvalue weighted by Gasteiger charge is -2.20. The Kier molecular flexibility index (Phi) is 10.2. The first kappa shape index (κ1) is 30.6. The zero-order valence-electron chi connectivity index (χ0n) is 23.1. The molecule has 1 atom stereocenters. The summed E-state index contributed by atoms with van der Waals surface area (Å²) in [4.78, 5) is 59.7. The Morgan fingerprint density at radius 3 is 2.81 bits per heavy atom. The van der Waals surface area contributed by atoms with E-state index in [1.165, 1.54) is 12.5 Å². The van der Waals surface area contributed by atoms with Gasteiger partial charge in [-0.3, -0.25) is 24.7 Å². The number of anilines is 1. The van der Waals surface area contributed by atoms with Crippen molar-refractivity contribution in [1.82, 2.24) is 20.5 Å². The maximum absolute atomic E-state index is 13.0. The largest absolute Gasteiger partial charge is 0.493 e. The average molecular weight is 615 g/mol. The second-order valence-corrected chi connectivity index (χ2v) is 10.4. The zero-order chi connectivity index (χ0) is 30.2. The minimum atomic E-state index is -0.647. The molecule has 1 saturated heterocycles. The fourth-order valence-corrected chi connectivity index (χ4v) is 5.16. The van der Waals surface area contributed by atoms with E-state index >= 15 is 0 Å². The summed E-state index contributed by atoms with van der Waals surface area (Å²) in [5.74, 6) is -0.903. The van der Waals surface area contributed by atoms with E-state index in [-0.39, 0.29) is 53.2 Å². The predicted octanol–water partition coefficient (Wildman–Crippen LogP) is 2.95. The van der Waals surface area contributed by atoms with Crippen LogP contribution in [0.5, 0.6) is 11.5 Å². The fourth-order valence-electron chi connectivity index (χ4n) is 4.25. The first-order valence-electron chi connectivity index (χ1n) is 13.1. The van der Waals surface area contributed by atoms with E-state index < -0.39 is 17.8 Å². The van der Waals surface area contributed by atoms with Crippen LogP contribution in [0, 0.1) is 0 Å². The van der Waals surface area contributed by atoms with Gasteiger partial charge in [0.15, 0.2) is 27.4 Å². The minimum Gasteiger partial charge on any atom is -0.493 e. The lowest BCUT2D eigenvalue weighted by molar-refractivity contribution is -0.120. The number of methoxy groups -OCH3 is 1. The number of aliphatic imine (C=N–C) groups is 1. The van der Waals surface area contributed by atoms with Crippen molar-refractivity contribution >= 4 is 69.4 Å². The van der Waals surface area contributed by atoms with Gasteiger partial charge in [-0.25, -0.2) is 9.78 Å². The van der Waals surface area contributed by atoms with E-state index in [2.05, 4.69) is 32.5 Å². The summed E-state index contributed by atoms with van der Waals surface area (Å²) in [6, 6.07) is 3.30. The van der Waals surface area contributed by atoms with Gasteiger partial charge in [0.1, 0.15) is 0 Å². The maximum atomic E-state index is 13.0. The smallest absolute Gasteiger partial charge is 0.357 e. The van der Waals surface area contributed by atoms with Crippen LogP contribution in [0.25, 0.3) is 0 Å². The van der Waals surface area contributed by atoms with Crippen LogP contribution in [0.1, 0.15) is 53.5 Å². The van der Waals surface area contributed by atoms with Gasteiger partial charge in [-0.05, 0) is 44.5 Å². The summed E-state index contributed by atoms with van der Waals surface area (Å²) in [7, 11) is 1.49. The van der Waals surface area contributed by atoms with Crippen molar-refractivity contribution in [3.05, 3.63) is 41.0 Å². The third-order valence-corrected chi connectivity index (χ3v) is 7.23. The first-order chi connectivity index (χ1) is 20.2. The van der Waals surface area contributed by atoms with E-state index in [1.54, 1.807) is 25.3 Å². The molecule has 15 heteroatoms.